The SMILES string of the molecule is C[Si](C)(Cl)CCCCCCCCCCCCCCCCCCCCCCCCCCCCCCCCCCCCCCS. The Morgan fingerprint density at radius 2 is 0.419 bits per heavy atom. The van der Waals surface area contributed by atoms with E-state index in [1.165, 1.54) is 237 Å². The van der Waals surface area contributed by atoms with Crippen LogP contribution >= 0.6 is 23.7 Å². The van der Waals surface area contributed by atoms with Gasteiger partial charge in [-0.2, -0.15) is 23.7 Å². The van der Waals surface area contributed by atoms with Crippen LogP contribution in [-0.2, 0) is 0 Å². The molecular formula is C40H83ClSSi. The zero-order valence-electron chi connectivity index (χ0n) is 30.2. The second kappa shape index (κ2) is 37.3. The molecule has 0 aliphatic heterocycles. The van der Waals surface area contributed by atoms with E-state index in [0.717, 1.165) is 5.75 Å². The largest absolute Gasteiger partial charge is 0.179 e. The maximum absolute atomic E-state index is 6.40. The molecule has 0 rings (SSSR count). The Labute approximate surface area is 286 Å². The molecule has 260 valence electrons. The highest BCUT2D eigenvalue weighted by molar-refractivity contribution is 7.80. The van der Waals surface area contributed by atoms with Crippen molar-refractivity contribution in [3.8, 4) is 0 Å². The van der Waals surface area contributed by atoms with Crippen molar-refractivity contribution in [3.63, 3.8) is 0 Å². The van der Waals surface area contributed by atoms with Crippen LogP contribution in [0.25, 0.3) is 0 Å². The first-order valence-electron chi connectivity index (χ1n) is 20.4. The summed E-state index contributed by atoms with van der Waals surface area (Å²) in [5, 5.41) is 0. The fraction of sp³-hybridized carbons (Fsp3) is 1.00. The molecule has 0 spiro atoms. The number of hydrogen-bond donors (Lipinski definition) is 1. The van der Waals surface area contributed by atoms with Crippen LogP contribution in [0, 0.1) is 0 Å². The smallest absolute Gasteiger partial charge is 0.150 e. The van der Waals surface area contributed by atoms with Crippen LogP contribution in [0.2, 0.25) is 19.1 Å². The topological polar surface area (TPSA) is 0 Å². The molecule has 0 unspecified atom stereocenters. The summed E-state index contributed by atoms with van der Waals surface area (Å²) < 4.78 is 0. The molecule has 0 saturated carbocycles. The van der Waals surface area contributed by atoms with Gasteiger partial charge in [-0.15, -0.1) is 0 Å². The van der Waals surface area contributed by atoms with Crippen molar-refractivity contribution in [2.75, 3.05) is 5.75 Å². The van der Waals surface area contributed by atoms with E-state index in [0.29, 0.717) is 0 Å². The molecule has 0 N–H and O–H groups in total. The monoisotopic (exact) mass is 659 g/mol. The number of unbranched alkanes of at least 4 members (excludes halogenated alkanes) is 35. The third-order valence-corrected chi connectivity index (χ3v) is 12.1. The summed E-state index contributed by atoms with van der Waals surface area (Å²) in [6, 6.07) is 1.30. The average Bonchev–Trinajstić information content (AvgIpc) is 2.98. The predicted octanol–water partition coefficient (Wildman–Crippen LogP) is 16.4. The van der Waals surface area contributed by atoms with Crippen LogP contribution in [0.3, 0.4) is 0 Å². The van der Waals surface area contributed by atoms with Gasteiger partial charge in [0.1, 0.15) is 7.38 Å². The Bertz CT molecular complexity index is 491. The molecule has 0 heterocycles. The first-order chi connectivity index (χ1) is 21.1. The summed E-state index contributed by atoms with van der Waals surface area (Å²) in [7, 11) is -1.31. The van der Waals surface area contributed by atoms with Crippen LogP contribution in [-0.4, -0.2) is 13.1 Å². The molecule has 0 amide bonds. The molecule has 0 radical (unpaired) electrons. The zero-order chi connectivity index (χ0) is 31.4. The van der Waals surface area contributed by atoms with Crippen molar-refractivity contribution in [1.29, 1.82) is 0 Å². The summed E-state index contributed by atoms with van der Waals surface area (Å²) in [6.45, 7) is 4.55. The van der Waals surface area contributed by atoms with E-state index in [9.17, 15) is 0 Å². The van der Waals surface area contributed by atoms with Gasteiger partial charge in [-0.05, 0) is 18.2 Å². The lowest BCUT2D eigenvalue weighted by Crippen LogP contribution is -2.14. The Kier molecular flexibility index (Phi) is 38.1. The Balaban J connectivity index is 3.05. The van der Waals surface area contributed by atoms with Crippen molar-refractivity contribution in [2.24, 2.45) is 0 Å². The van der Waals surface area contributed by atoms with Crippen LogP contribution < -0.4 is 0 Å². The molecule has 0 bridgehead atoms. The second-order valence-electron chi connectivity index (χ2n) is 14.9. The normalized spacial score (nSPS) is 12.0. The van der Waals surface area contributed by atoms with Gasteiger partial charge in [-0.3, -0.25) is 0 Å². The van der Waals surface area contributed by atoms with Gasteiger partial charge in [0.05, 0.1) is 0 Å². The molecule has 0 nitrogen and oxygen atoms in total. The van der Waals surface area contributed by atoms with Gasteiger partial charge < -0.3 is 0 Å². The van der Waals surface area contributed by atoms with Crippen molar-refractivity contribution in [3.05, 3.63) is 0 Å². The highest BCUT2D eigenvalue weighted by Crippen LogP contribution is 2.20. The lowest BCUT2D eigenvalue weighted by atomic mass is 10.0. The number of rotatable bonds is 38. The predicted molar refractivity (Wildman–Crippen MR) is 208 cm³/mol. The molecular weight excluding hydrogens is 576 g/mol. The number of halogens is 1. The van der Waals surface area contributed by atoms with E-state index < -0.39 is 7.38 Å². The minimum absolute atomic E-state index is 1.07. The Morgan fingerprint density at radius 3 is 0.558 bits per heavy atom. The summed E-state index contributed by atoms with van der Waals surface area (Å²) in [5.74, 6) is 1.07. The highest BCUT2D eigenvalue weighted by atomic mass is 35.6. The van der Waals surface area contributed by atoms with Crippen molar-refractivity contribution in [1.82, 2.24) is 0 Å². The molecule has 0 atom stereocenters. The lowest BCUT2D eigenvalue weighted by Gasteiger charge is -2.11. The minimum Gasteiger partial charge on any atom is -0.179 e. The van der Waals surface area contributed by atoms with Gasteiger partial charge in [-0.1, -0.05) is 238 Å². The molecule has 0 aliphatic carbocycles. The van der Waals surface area contributed by atoms with Gasteiger partial charge in [0.15, 0.2) is 0 Å². The fourth-order valence-electron chi connectivity index (χ4n) is 6.67. The molecule has 43 heavy (non-hydrogen) atoms. The molecule has 3 heteroatoms. The first-order valence-corrected chi connectivity index (χ1v) is 25.2. The van der Waals surface area contributed by atoms with Gasteiger partial charge in [0.2, 0.25) is 0 Å². The lowest BCUT2D eigenvalue weighted by molar-refractivity contribution is 0.510. The molecule has 0 saturated heterocycles. The van der Waals surface area contributed by atoms with Gasteiger partial charge in [0, 0.05) is 0 Å². The third kappa shape index (κ3) is 42.9. The maximum atomic E-state index is 6.40. The number of hydrogen-bond acceptors (Lipinski definition) is 1. The summed E-state index contributed by atoms with van der Waals surface area (Å²) in [5.41, 5.74) is 0. The van der Waals surface area contributed by atoms with Crippen molar-refractivity contribution >= 4 is 31.1 Å². The van der Waals surface area contributed by atoms with Gasteiger partial charge in [-0.25, -0.2) is 0 Å². The molecule has 0 aromatic rings. The van der Waals surface area contributed by atoms with Crippen LogP contribution in [0.1, 0.15) is 231 Å². The Hall–Kier alpha value is 0.857. The van der Waals surface area contributed by atoms with Crippen LogP contribution in [0.5, 0.6) is 0 Å². The maximum Gasteiger partial charge on any atom is 0.150 e. The van der Waals surface area contributed by atoms with Crippen molar-refractivity contribution in [2.45, 2.75) is 250 Å². The van der Waals surface area contributed by atoms with E-state index in [2.05, 4.69) is 25.7 Å². The summed E-state index contributed by atoms with van der Waals surface area (Å²) >= 11 is 10.7. The van der Waals surface area contributed by atoms with Gasteiger partial charge >= 0.3 is 0 Å². The van der Waals surface area contributed by atoms with E-state index >= 15 is 0 Å². The van der Waals surface area contributed by atoms with E-state index in [-0.39, 0.29) is 0 Å². The van der Waals surface area contributed by atoms with Crippen LogP contribution in [0.15, 0.2) is 0 Å². The van der Waals surface area contributed by atoms with Crippen LogP contribution in [0.4, 0.5) is 0 Å². The second-order valence-corrected chi connectivity index (χ2v) is 22.4. The Morgan fingerprint density at radius 1 is 0.279 bits per heavy atom. The summed E-state index contributed by atoms with van der Waals surface area (Å²) in [4.78, 5) is 0. The van der Waals surface area contributed by atoms with E-state index in [1.807, 2.05) is 0 Å². The first kappa shape index (κ1) is 43.9. The quantitative estimate of drug-likeness (QED) is 0.0290. The standard InChI is InChI=1S/C40H83ClSSi/c1-43(2,41)40-38-36-34-32-30-28-26-24-22-20-18-16-14-12-10-8-6-4-3-5-7-9-11-13-15-17-19-21-23-25-27-29-31-33-35-37-39-42/h42H,3-40H2,1-2H3. The van der Waals surface area contributed by atoms with E-state index in [4.69, 9.17) is 11.1 Å². The number of thiol groups is 1. The molecule has 0 fully saturated rings. The summed E-state index contributed by atoms with van der Waals surface area (Å²) in [6.07, 6.45) is 52.7. The van der Waals surface area contributed by atoms with Gasteiger partial charge in [0.25, 0.3) is 0 Å². The third-order valence-electron chi connectivity index (χ3n) is 9.68. The van der Waals surface area contributed by atoms with Crippen molar-refractivity contribution < 1.29 is 0 Å². The average molecular weight is 660 g/mol. The molecule has 0 aliphatic rings. The molecule has 0 aromatic carbocycles. The minimum atomic E-state index is -1.31. The highest BCUT2D eigenvalue weighted by Gasteiger charge is 2.15. The van der Waals surface area contributed by atoms with E-state index in [1.54, 1.807) is 0 Å². The fourth-order valence-corrected chi connectivity index (χ4v) is 8.38. The zero-order valence-corrected chi connectivity index (χ0v) is 32.8. The molecule has 0 aromatic heterocycles.